The Hall–Kier alpha value is -2.02. The van der Waals surface area contributed by atoms with Crippen molar-refractivity contribution in [2.45, 2.75) is 23.4 Å². The molecule has 0 spiro atoms. The predicted octanol–water partition coefficient (Wildman–Crippen LogP) is 5.12. The van der Waals surface area contributed by atoms with Crippen LogP contribution in [-0.2, 0) is 11.8 Å². The molecule has 0 radical (unpaired) electrons. The minimum atomic E-state index is -0.137. The van der Waals surface area contributed by atoms with Gasteiger partial charge in [-0.2, -0.15) is 0 Å². The predicted molar refractivity (Wildman–Crippen MR) is 113 cm³/mol. The molecule has 4 rings (SSSR count). The number of halogens is 2. The summed E-state index contributed by atoms with van der Waals surface area (Å²) >= 11 is 13.2. The van der Waals surface area contributed by atoms with Crippen LogP contribution in [0.1, 0.15) is 29.6 Å². The Kier molecular flexibility index (Phi) is 5.62. The van der Waals surface area contributed by atoms with Crippen LogP contribution in [-0.4, -0.2) is 26.4 Å². The summed E-state index contributed by atoms with van der Waals surface area (Å²) in [6, 6.07) is 15.5. The van der Waals surface area contributed by atoms with Gasteiger partial charge in [-0.05, 0) is 36.1 Å². The van der Waals surface area contributed by atoms with E-state index in [4.69, 9.17) is 23.2 Å². The van der Waals surface area contributed by atoms with Crippen LogP contribution in [0.25, 0.3) is 0 Å². The average Bonchev–Trinajstić information content (AvgIpc) is 3.40. The first-order chi connectivity index (χ1) is 13.5. The summed E-state index contributed by atoms with van der Waals surface area (Å²) in [6.45, 7) is 0. The van der Waals surface area contributed by atoms with Crippen molar-refractivity contribution in [2.75, 3.05) is 11.1 Å². The SMILES string of the molecule is Cn1c(SCC(=O)Nc2ccc(Cl)c(Cl)c2)nnc1C1CC1c1ccccc1. The van der Waals surface area contributed by atoms with Crippen molar-refractivity contribution in [3.05, 3.63) is 70.0 Å². The number of benzene rings is 2. The molecular formula is C20H18Cl2N4OS. The van der Waals surface area contributed by atoms with E-state index < -0.39 is 0 Å². The van der Waals surface area contributed by atoms with Gasteiger partial charge in [0.2, 0.25) is 5.91 Å². The van der Waals surface area contributed by atoms with Crippen molar-refractivity contribution >= 4 is 46.6 Å². The Labute approximate surface area is 177 Å². The molecule has 1 saturated carbocycles. The summed E-state index contributed by atoms with van der Waals surface area (Å²) in [4.78, 5) is 12.2. The highest BCUT2D eigenvalue weighted by Crippen LogP contribution is 2.54. The fraction of sp³-hybridized carbons (Fsp3) is 0.250. The van der Waals surface area contributed by atoms with Crippen LogP contribution in [0.2, 0.25) is 10.0 Å². The van der Waals surface area contributed by atoms with Gasteiger partial charge in [0.1, 0.15) is 5.82 Å². The minimum absolute atomic E-state index is 0.137. The number of carbonyl (C=O) groups excluding carboxylic acids is 1. The third-order valence-electron chi connectivity index (χ3n) is 4.75. The van der Waals surface area contributed by atoms with E-state index in [1.807, 2.05) is 17.7 Å². The first-order valence-electron chi connectivity index (χ1n) is 8.85. The molecule has 0 aliphatic heterocycles. The van der Waals surface area contributed by atoms with E-state index in [1.54, 1.807) is 18.2 Å². The lowest BCUT2D eigenvalue weighted by Gasteiger charge is -2.06. The van der Waals surface area contributed by atoms with E-state index in [9.17, 15) is 4.79 Å². The molecule has 28 heavy (non-hydrogen) atoms. The average molecular weight is 433 g/mol. The lowest BCUT2D eigenvalue weighted by atomic mass is 10.1. The van der Waals surface area contributed by atoms with Gasteiger partial charge < -0.3 is 9.88 Å². The van der Waals surface area contributed by atoms with Crippen molar-refractivity contribution in [2.24, 2.45) is 7.05 Å². The van der Waals surface area contributed by atoms with E-state index in [2.05, 4.69) is 39.8 Å². The normalized spacial score (nSPS) is 18.1. The fourth-order valence-corrected chi connectivity index (χ4v) is 4.24. The molecule has 1 aliphatic rings. The van der Waals surface area contributed by atoms with E-state index >= 15 is 0 Å². The lowest BCUT2D eigenvalue weighted by Crippen LogP contribution is -2.14. The molecule has 2 atom stereocenters. The molecule has 5 nitrogen and oxygen atoms in total. The molecule has 0 bridgehead atoms. The summed E-state index contributed by atoms with van der Waals surface area (Å²) in [5.74, 6) is 1.96. The van der Waals surface area contributed by atoms with Crippen molar-refractivity contribution in [3.63, 3.8) is 0 Å². The number of aromatic nitrogens is 3. The standard InChI is InChI=1S/C20H18Cl2N4OS/c1-26-19(15-10-14(15)12-5-3-2-4-6-12)24-25-20(26)28-11-18(27)23-13-7-8-16(21)17(22)9-13/h2-9,14-15H,10-11H2,1H3,(H,23,27). The molecule has 0 saturated heterocycles. The van der Waals surface area contributed by atoms with Gasteiger partial charge in [-0.15, -0.1) is 10.2 Å². The molecule has 1 aliphatic carbocycles. The largest absolute Gasteiger partial charge is 0.325 e. The van der Waals surface area contributed by atoms with Gasteiger partial charge in [-0.3, -0.25) is 4.79 Å². The van der Waals surface area contributed by atoms with Gasteiger partial charge in [-0.1, -0.05) is 65.3 Å². The molecule has 1 amide bonds. The van der Waals surface area contributed by atoms with Gasteiger partial charge in [0.25, 0.3) is 0 Å². The maximum atomic E-state index is 12.2. The van der Waals surface area contributed by atoms with Crippen LogP contribution in [0.5, 0.6) is 0 Å². The Balaban J connectivity index is 1.35. The van der Waals surface area contributed by atoms with Crippen LogP contribution < -0.4 is 5.32 Å². The molecule has 2 unspecified atom stereocenters. The quantitative estimate of drug-likeness (QED) is 0.548. The molecule has 1 fully saturated rings. The smallest absolute Gasteiger partial charge is 0.234 e. The number of carbonyl (C=O) groups is 1. The summed E-state index contributed by atoms with van der Waals surface area (Å²) in [5.41, 5.74) is 1.95. The molecule has 1 N–H and O–H groups in total. The Bertz CT molecular complexity index is 1010. The Morgan fingerprint density at radius 2 is 1.93 bits per heavy atom. The van der Waals surface area contributed by atoms with E-state index in [-0.39, 0.29) is 11.7 Å². The van der Waals surface area contributed by atoms with Gasteiger partial charge in [0, 0.05) is 18.7 Å². The first kappa shape index (κ1) is 19.3. The maximum absolute atomic E-state index is 12.2. The topological polar surface area (TPSA) is 59.8 Å². The monoisotopic (exact) mass is 432 g/mol. The van der Waals surface area contributed by atoms with Crippen LogP contribution in [0, 0.1) is 0 Å². The van der Waals surface area contributed by atoms with Gasteiger partial charge in [-0.25, -0.2) is 0 Å². The zero-order valence-corrected chi connectivity index (χ0v) is 17.4. The van der Waals surface area contributed by atoms with Crippen LogP contribution in [0.4, 0.5) is 5.69 Å². The molecule has 1 heterocycles. The van der Waals surface area contributed by atoms with Crippen LogP contribution in [0.3, 0.4) is 0 Å². The first-order valence-corrected chi connectivity index (χ1v) is 10.6. The highest BCUT2D eigenvalue weighted by atomic mass is 35.5. The summed E-state index contributed by atoms with van der Waals surface area (Å²) in [7, 11) is 1.95. The zero-order chi connectivity index (χ0) is 19.7. The number of thioether (sulfide) groups is 1. The van der Waals surface area contributed by atoms with Crippen LogP contribution >= 0.6 is 35.0 Å². The van der Waals surface area contributed by atoms with Crippen LogP contribution in [0.15, 0.2) is 53.7 Å². The third-order valence-corrected chi connectivity index (χ3v) is 6.51. The molecule has 144 valence electrons. The van der Waals surface area contributed by atoms with Crippen molar-refractivity contribution < 1.29 is 4.79 Å². The zero-order valence-electron chi connectivity index (χ0n) is 15.1. The molecule has 3 aromatic rings. The minimum Gasteiger partial charge on any atom is -0.325 e. The second kappa shape index (κ2) is 8.15. The Morgan fingerprint density at radius 1 is 1.14 bits per heavy atom. The second-order valence-corrected chi connectivity index (χ2v) is 8.48. The number of nitrogens with zero attached hydrogens (tertiary/aromatic N) is 3. The number of hydrogen-bond donors (Lipinski definition) is 1. The van der Waals surface area contributed by atoms with Crippen molar-refractivity contribution in [1.82, 2.24) is 14.8 Å². The van der Waals surface area contributed by atoms with Gasteiger partial charge in [0.05, 0.1) is 15.8 Å². The molecule has 8 heteroatoms. The number of rotatable bonds is 6. The molecular weight excluding hydrogens is 415 g/mol. The number of nitrogens with one attached hydrogen (secondary N) is 1. The maximum Gasteiger partial charge on any atom is 0.234 e. The van der Waals surface area contributed by atoms with Gasteiger partial charge >= 0.3 is 0 Å². The number of hydrogen-bond acceptors (Lipinski definition) is 4. The third kappa shape index (κ3) is 4.19. The van der Waals surface area contributed by atoms with E-state index in [0.717, 1.165) is 17.4 Å². The highest BCUT2D eigenvalue weighted by molar-refractivity contribution is 7.99. The Morgan fingerprint density at radius 3 is 2.68 bits per heavy atom. The second-order valence-electron chi connectivity index (χ2n) is 6.72. The summed E-state index contributed by atoms with van der Waals surface area (Å²) in [6.07, 6.45) is 1.08. The number of amides is 1. The molecule has 2 aromatic carbocycles. The van der Waals surface area contributed by atoms with Crippen molar-refractivity contribution in [3.8, 4) is 0 Å². The van der Waals surface area contributed by atoms with E-state index in [1.165, 1.54) is 17.3 Å². The summed E-state index contributed by atoms with van der Waals surface area (Å²) < 4.78 is 1.99. The van der Waals surface area contributed by atoms with Crippen molar-refractivity contribution in [1.29, 1.82) is 0 Å². The highest BCUT2D eigenvalue weighted by Gasteiger charge is 2.42. The fourth-order valence-electron chi connectivity index (χ4n) is 3.22. The number of anilines is 1. The van der Waals surface area contributed by atoms with E-state index in [0.29, 0.717) is 27.6 Å². The summed E-state index contributed by atoms with van der Waals surface area (Å²) in [5, 5.41) is 13.0. The van der Waals surface area contributed by atoms with Gasteiger partial charge in [0.15, 0.2) is 5.16 Å². The molecule has 1 aromatic heterocycles. The lowest BCUT2D eigenvalue weighted by molar-refractivity contribution is -0.113.